The number of nitrogens with zero attached hydrogens (tertiary/aromatic N) is 1. The molecule has 4 aromatic carbocycles. The summed E-state index contributed by atoms with van der Waals surface area (Å²) in [7, 11) is 0. The van der Waals surface area contributed by atoms with Crippen molar-refractivity contribution in [2.24, 2.45) is 0 Å². The van der Waals surface area contributed by atoms with E-state index in [2.05, 4.69) is 64.3 Å². The van der Waals surface area contributed by atoms with Crippen LogP contribution in [-0.2, 0) is 20.4 Å². The molecule has 7 nitrogen and oxygen atoms in total. The molecule has 1 heterocycles. The van der Waals surface area contributed by atoms with Crippen LogP contribution in [0.15, 0.2) is 84.9 Å². The highest BCUT2D eigenvalue weighted by Gasteiger charge is 2.35. The highest BCUT2D eigenvalue weighted by Crippen LogP contribution is 2.38. The van der Waals surface area contributed by atoms with Crippen LogP contribution in [0, 0.1) is 0 Å². The summed E-state index contributed by atoms with van der Waals surface area (Å²) in [6.45, 7) is 13.2. The summed E-state index contributed by atoms with van der Waals surface area (Å²) < 4.78 is 0. The summed E-state index contributed by atoms with van der Waals surface area (Å²) in [4.78, 5) is 54.2. The van der Waals surface area contributed by atoms with Gasteiger partial charge in [0, 0.05) is 54.9 Å². The zero-order chi connectivity index (χ0) is 33.9. The molecule has 0 aromatic heterocycles. The smallest absolute Gasteiger partial charge is 0.261 e. The zero-order valence-corrected chi connectivity index (χ0v) is 28.3. The second-order valence-corrected chi connectivity index (χ2v) is 14.4. The Hall–Kier alpha value is -4.78. The van der Waals surface area contributed by atoms with E-state index in [-0.39, 0.29) is 66.3 Å². The van der Waals surface area contributed by atoms with Gasteiger partial charge in [0.15, 0.2) is 0 Å². The van der Waals surface area contributed by atoms with E-state index in [0.29, 0.717) is 23.1 Å². The molecule has 5 rings (SSSR count). The van der Waals surface area contributed by atoms with Crippen LogP contribution in [0.2, 0.25) is 0 Å². The fourth-order valence-electron chi connectivity index (χ4n) is 6.03. The van der Waals surface area contributed by atoms with Crippen LogP contribution in [0.3, 0.4) is 0 Å². The molecule has 0 saturated carbocycles. The number of amides is 4. The second kappa shape index (κ2) is 13.5. The van der Waals surface area contributed by atoms with Crippen molar-refractivity contribution < 1.29 is 19.2 Å². The highest BCUT2D eigenvalue weighted by atomic mass is 16.2. The summed E-state index contributed by atoms with van der Waals surface area (Å²) in [5, 5.41) is 7.36. The highest BCUT2D eigenvalue weighted by molar-refractivity contribution is 6.25. The van der Waals surface area contributed by atoms with Crippen molar-refractivity contribution in [3.8, 4) is 0 Å². The summed E-state index contributed by atoms with van der Waals surface area (Å²) in [6, 6.07) is 28.0. The molecule has 0 aliphatic carbocycles. The minimum absolute atomic E-state index is 0.00108. The van der Waals surface area contributed by atoms with Gasteiger partial charge in [-0.15, -0.1) is 0 Å². The molecule has 0 unspecified atom stereocenters. The quantitative estimate of drug-likeness (QED) is 0.187. The van der Waals surface area contributed by atoms with Crippen molar-refractivity contribution in [2.75, 3.05) is 19.6 Å². The van der Waals surface area contributed by atoms with Crippen molar-refractivity contribution in [3.63, 3.8) is 0 Å². The lowest BCUT2D eigenvalue weighted by atomic mass is 9.79. The number of benzene rings is 4. The van der Waals surface area contributed by atoms with Gasteiger partial charge in [-0.2, -0.15) is 0 Å². The molecule has 244 valence electrons. The Balaban J connectivity index is 1.20. The predicted molar refractivity (Wildman–Crippen MR) is 187 cm³/mol. The number of hydrogen-bond donors (Lipinski definition) is 2. The minimum Gasteiger partial charge on any atom is -0.355 e. The van der Waals surface area contributed by atoms with Gasteiger partial charge >= 0.3 is 0 Å². The van der Waals surface area contributed by atoms with Gasteiger partial charge in [-0.3, -0.25) is 24.1 Å². The van der Waals surface area contributed by atoms with Crippen LogP contribution in [0.5, 0.6) is 0 Å². The molecule has 1 aliphatic heterocycles. The lowest BCUT2D eigenvalue weighted by Gasteiger charge is -2.31. The number of rotatable bonds is 10. The average molecular weight is 632 g/mol. The van der Waals surface area contributed by atoms with Gasteiger partial charge in [0.25, 0.3) is 11.8 Å². The van der Waals surface area contributed by atoms with Crippen LogP contribution in [0.25, 0.3) is 10.8 Å². The maximum atomic E-state index is 13.7. The largest absolute Gasteiger partial charge is 0.355 e. The van der Waals surface area contributed by atoms with E-state index in [1.165, 1.54) is 4.90 Å². The third-order valence-electron chi connectivity index (χ3n) is 8.88. The van der Waals surface area contributed by atoms with Gasteiger partial charge in [0.05, 0.1) is 0 Å². The number of nitrogens with one attached hydrogen (secondary N) is 2. The first kappa shape index (κ1) is 33.6. The second-order valence-electron chi connectivity index (χ2n) is 14.4. The molecule has 1 aliphatic rings. The van der Waals surface area contributed by atoms with Crippen LogP contribution in [0.4, 0.5) is 0 Å². The van der Waals surface area contributed by atoms with Crippen molar-refractivity contribution >= 4 is 34.4 Å². The van der Waals surface area contributed by atoms with Crippen molar-refractivity contribution in [1.29, 1.82) is 0 Å². The number of carbonyl (C=O) groups is 4. The summed E-state index contributed by atoms with van der Waals surface area (Å²) in [5.74, 6) is -1.26. The Bertz CT molecular complexity index is 1690. The molecule has 0 spiro atoms. The molecule has 0 bridgehead atoms. The Morgan fingerprint density at radius 2 is 1.11 bits per heavy atom. The lowest BCUT2D eigenvalue weighted by Crippen LogP contribution is -2.45. The number of imide groups is 1. The monoisotopic (exact) mass is 631 g/mol. The minimum atomic E-state index is -0.359. The van der Waals surface area contributed by atoms with E-state index >= 15 is 0 Å². The van der Waals surface area contributed by atoms with E-state index in [4.69, 9.17) is 0 Å². The predicted octanol–water partition coefficient (Wildman–Crippen LogP) is 6.88. The Labute approximate surface area is 277 Å². The van der Waals surface area contributed by atoms with Crippen molar-refractivity contribution in [2.45, 2.75) is 71.1 Å². The molecule has 2 N–H and O–H groups in total. The van der Waals surface area contributed by atoms with Gasteiger partial charge in [-0.25, -0.2) is 0 Å². The maximum Gasteiger partial charge on any atom is 0.261 e. The molecule has 0 fully saturated rings. The van der Waals surface area contributed by atoms with Crippen LogP contribution in [0.1, 0.15) is 103 Å². The van der Waals surface area contributed by atoms with Gasteiger partial charge in [-0.1, -0.05) is 114 Å². The molecular formula is C40H45N3O4. The zero-order valence-electron chi connectivity index (χ0n) is 28.3. The molecule has 7 heteroatoms. The first-order chi connectivity index (χ1) is 22.2. The molecule has 47 heavy (non-hydrogen) atoms. The van der Waals surface area contributed by atoms with E-state index in [0.717, 1.165) is 27.6 Å². The number of hydrogen-bond acceptors (Lipinski definition) is 4. The van der Waals surface area contributed by atoms with Gasteiger partial charge in [-0.05, 0) is 50.6 Å². The van der Waals surface area contributed by atoms with E-state index in [9.17, 15) is 19.2 Å². The van der Waals surface area contributed by atoms with Gasteiger partial charge in [0.1, 0.15) is 0 Å². The van der Waals surface area contributed by atoms with Gasteiger partial charge < -0.3 is 10.6 Å². The molecule has 0 saturated heterocycles. The van der Waals surface area contributed by atoms with E-state index in [1.54, 1.807) is 0 Å². The van der Waals surface area contributed by atoms with Crippen LogP contribution < -0.4 is 10.6 Å². The van der Waals surface area contributed by atoms with Crippen molar-refractivity contribution in [1.82, 2.24) is 15.5 Å². The molecular weight excluding hydrogens is 586 g/mol. The summed E-state index contributed by atoms with van der Waals surface area (Å²) in [6.07, 6.45) is 0.0331. The van der Waals surface area contributed by atoms with E-state index in [1.807, 2.05) is 72.8 Å². The Kier molecular flexibility index (Phi) is 9.66. The number of carbonyl (C=O) groups excluding carboxylic acids is 4. The molecule has 0 radical (unpaired) electrons. The lowest BCUT2D eigenvalue weighted by molar-refractivity contribution is -0.126. The first-order valence-corrected chi connectivity index (χ1v) is 16.4. The summed E-state index contributed by atoms with van der Waals surface area (Å²) in [5.41, 5.74) is 4.86. The van der Waals surface area contributed by atoms with Crippen LogP contribution >= 0.6 is 0 Å². The first-order valence-electron chi connectivity index (χ1n) is 16.4. The third-order valence-corrected chi connectivity index (χ3v) is 8.88. The van der Waals surface area contributed by atoms with Crippen molar-refractivity contribution in [3.05, 3.63) is 118 Å². The SMILES string of the molecule is CC(C)(C)c1cc2c3c(cc(C(C)(C)C)cc3c1)C(=O)N(CCNC(=O)CCC(=O)NCC(c1ccccc1)c1ccccc1)C2=O. The van der Waals surface area contributed by atoms with E-state index < -0.39 is 0 Å². The molecule has 4 aromatic rings. The molecule has 0 atom stereocenters. The normalized spacial score (nSPS) is 13.3. The topological polar surface area (TPSA) is 95.6 Å². The standard InChI is InChI=1S/C40H45N3O4/c1-39(2,3)29-21-28-22-30(40(4,5)6)24-32-36(28)31(23-29)37(46)43(38(32)47)20-19-41-34(44)17-18-35(45)42-25-33(26-13-9-7-10-14-26)27-15-11-8-12-16-27/h7-16,21-24,33H,17-20,25H2,1-6H3,(H,41,44)(H,42,45). The van der Waals surface area contributed by atoms with Gasteiger partial charge in [0.2, 0.25) is 11.8 Å². The molecule has 4 amide bonds. The third kappa shape index (κ3) is 7.62. The fraction of sp³-hybridized carbons (Fsp3) is 0.350. The average Bonchev–Trinajstić information content (AvgIpc) is 3.04. The fourth-order valence-corrected chi connectivity index (χ4v) is 6.03. The Morgan fingerprint density at radius 3 is 1.55 bits per heavy atom. The Morgan fingerprint density at radius 1 is 0.660 bits per heavy atom. The van der Waals surface area contributed by atoms with Crippen LogP contribution in [-0.4, -0.2) is 48.2 Å². The maximum absolute atomic E-state index is 13.7. The summed E-state index contributed by atoms with van der Waals surface area (Å²) >= 11 is 0.